The summed E-state index contributed by atoms with van der Waals surface area (Å²) in [5.41, 5.74) is 1.42. The number of carbonyl (C=O) groups is 1. The fourth-order valence-electron chi connectivity index (χ4n) is 3.59. The second kappa shape index (κ2) is 9.22. The van der Waals surface area contributed by atoms with Gasteiger partial charge in [0.15, 0.2) is 6.61 Å². The van der Waals surface area contributed by atoms with Gasteiger partial charge in [0.25, 0.3) is 5.91 Å². The molecular weight excluding hydrogens is 384 g/mol. The summed E-state index contributed by atoms with van der Waals surface area (Å²) in [6, 6.07) is 9.35. The number of fused-ring (bicyclic) bond motifs is 3. The molecule has 0 spiro atoms. The Morgan fingerprint density at radius 1 is 1.14 bits per heavy atom. The summed E-state index contributed by atoms with van der Waals surface area (Å²) >= 11 is 1.81. The zero-order valence-corrected chi connectivity index (χ0v) is 17.5. The topological polar surface area (TPSA) is 76.1 Å². The number of aromatic nitrogens is 2. The maximum absolute atomic E-state index is 12.0. The minimum absolute atomic E-state index is 0.0137. The van der Waals surface area contributed by atoms with E-state index >= 15 is 0 Å². The Morgan fingerprint density at radius 3 is 2.79 bits per heavy atom. The van der Waals surface area contributed by atoms with Gasteiger partial charge in [-0.3, -0.25) is 4.79 Å². The van der Waals surface area contributed by atoms with Crippen LogP contribution in [-0.4, -0.2) is 35.6 Å². The predicted octanol–water partition coefficient (Wildman–Crippen LogP) is 3.74. The number of benzene rings is 1. The van der Waals surface area contributed by atoms with Crippen LogP contribution in [0.2, 0.25) is 0 Å². The molecule has 0 atom stereocenters. The second-order valence-corrected chi connectivity index (χ2v) is 8.20. The minimum Gasteiger partial charge on any atom is -0.484 e. The van der Waals surface area contributed by atoms with E-state index in [1.54, 1.807) is 0 Å². The standard InChI is InChI=1S/C22H26N4O2S/c1-2-18-25-21(20-16-10-6-7-11-17(16)29-22(20)26-18)24-13-12-23-19(27)14-28-15-8-4-3-5-9-15/h3-5,8-9H,2,6-7,10-14H2,1H3,(H,23,27)(H,24,25,26). The average Bonchev–Trinajstić information content (AvgIpc) is 3.14. The number of ether oxygens (including phenoxy) is 1. The first-order valence-electron chi connectivity index (χ1n) is 10.2. The molecule has 1 aliphatic rings. The first-order valence-corrected chi connectivity index (χ1v) is 11.1. The lowest BCUT2D eigenvalue weighted by atomic mass is 9.97. The molecule has 0 bridgehead atoms. The summed E-state index contributed by atoms with van der Waals surface area (Å²) in [6.07, 6.45) is 5.54. The van der Waals surface area contributed by atoms with Gasteiger partial charge in [0.1, 0.15) is 22.2 Å². The molecule has 0 saturated carbocycles. The number of anilines is 1. The lowest BCUT2D eigenvalue weighted by Crippen LogP contribution is -2.32. The highest BCUT2D eigenvalue weighted by molar-refractivity contribution is 7.19. The van der Waals surface area contributed by atoms with Gasteiger partial charge in [-0.05, 0) is 43.4 Å². The maximum atomic E-state index is 12.0. The maximum Gasteiger partial charge on any atom is 0.258 e. The van der Waals surface area contributed by atoms with Crippen LogP contribution in [0.15, 0.2) is 30.3 Å². The van der Waals surface area contributed by atoms with Crippen LogP contribution in [0.5, 0.6) is 5.75 Å². The Morgan fingerprint density at radius 2 is 1.97 bits per heavy atom. The molecule has 2 heterocycles. The quantitative estimate of drug-likeness (QED) is 0.553. The van der Waals surface area contributed by atoms with E-state index in [4.69, 9.17) is 14.7 Å². The van der Waals surface area contributed by atoms with Crippen LogP contribution < -0.4 is 15.4 Å². The Balaban J connectivity index is 1.35. The van der Waals surface area contributed by atoms with Gasteiger partial charge in [0, 0.05) is 24.4 Å². The lowest BCUT2D eigenvalue weighted by molar-refractivity contribution is -0.123. The molecule has 7 heteroatoms. The molecule has 152 valence electrons. The number of nitrogens with zero attached hydrogens (tertiary/aromatic N) is 2. The summed E-state index contributed by atoms with van der Waals surface area (Å²) in [7, 11) is 0. The summed E-state index contributed by atoms with van der Waals surface area (Å²) in [6.45, 7) is 3.21. The summed E-state index contributed by atoms with van der Waals surface area (Å²) < 4.78 is 5.47. The Kier molecular flexibility index (Phi) is 6.24. The number of nitrogens with one attached hydrogen (secondary N) is 2. The van der Waals surface area contributed by atoms with Crippen molar-refractivity contribution in [3.63, 3.8) is 0 Å². The van der Waals surface area contributed by atoms with Crippen LogP contribution in [0.25, 0.3) is 10.2 Å². The van der Waals surface area contributed by atoms with Crippen molar-refractivity contribution in [2.24, 2.45) is 0 Å². The molecule has 2 N–H and O–H groups in total. The van der Waals surface area contributed by atoms with Crippen molar-refractivity contribution in [3.8, 4) is 5.75 Å². The zero-order valence-electron chi connectivity index (χ0n) is 16.7. The third-order valence-electron chi connectivity index (χ3n) is 5.03. The Hall–Kier alpha value is -2.67. The average molecular weight is 411 g/mol. The highest BCUT2D eigenvalue weighted by atomic mass is 32.1. The van der Waals surface area contributed by atoms with Crippen molar-refractivity contribution in [2.75, 3.05) is 25.0 Å². The fourth-order valence-corrected chi connectivity index (χ4v) is 4.87. The molecule has 0 saturated heterocycles. The molecule has 1 aromatic carbocycles. The number of hydrogen-bond donors (Lipinski definition) is 2. The molecule has 3 aromatic rings. The van der Waals surface area contributed by atoms with E-state index in [1.807, 2.05) is 41.7 Å². The highest BCUT2D eigenvalue weighted by Crippen LogP contribution is 2.38. The van der Waals surface area contributed by atoms with Crippen molar-refractivity contribution in [1.29, 1.82) is 0 Å². The third kappa shape index (κ3) is 4.67. The fraction of sp³-hybridized carbons (Fsp3) is 0.409. The van der Waals surface area contributed by atoms with Crippen molar-refractivity contribution in [2.45, 2.75) is 39.0 Å². The number of aryl methyl sites for hydroxylation is 3. The number of carbonyl (C=O) groups excluding carboxylic acids is 1. The van der Waals surface area contributed by atoms with Crippen molar-refractivity contribution in [1.82, 2.24) is 15.3 Å². The molecule has 0 radical (unpaired) electrons. The Labute approximate surface area is 174 Å². The van der Waals surface area contributed by atoms with E-state index in [0.717, 1.165) is 35.7 Å². The van der Waals surface area contributed by atoms with Crippen molar-refractivity contribution < 1.29 is 9.53 Å². The smallest absolute Gasteiger partial charge is 0.258 e. The van der Waals surface area contributed by atoms with Crippen LogP contribution >= 0.6 is 11.3 Å². The van der Waals surface area contributed by atoms with E-state index in [1.165, 1.54) is 28.7 Å². The number of rotatable bonds is 8. The van der Waals surface area contributed by atoms with Gasteiger partial charge in [-0.15, -0.1) is 11.3 Å². The molecule has 1 amide bonds. The molecule has 0 fully saturated rings. The molecule has 6 nitrogen and oxygen atoms in total. The third-order valence-corrected chi connectivity index (χ3v) is 6.22. The van der Waals surface area contributed by atoms with E-state index < -0.39 is 0 Å². The van der Waals surface area contributed by atoms with E-state index in [-0.39, 0.29) is 12.5 Å². The van der Waals surface area contributed by atoms with Gasteiger partial charge >= 0.3 is 0 Å². The van der Waals surface area contributed by atoms with Gasteiger partial charge in [-0.25, -0.2) is 9.97 Å². The normalized spacial score (nSPS) is 13.1. The predicted molar refractivity (Wildman–Crippen MR) is 117 cm³/mol. The van der Waals surface area contributed by atoms with Gasteiger partial charge < -0.3 is 15.4 Å². The van der Waals surface area contributed by atoms with Gasteiger partial charge in [-0.2, -0.15) is 0 Å². The van der Waals surface area contributed by atoms with Gasteiger partial charge in [0.05, 0.1) is 5.39 Å². The highest BCUT2D eigenvalue weighted by Gasteiger charge is 2.20. The first kappa shape index (κ1) is 19.6. The van der Waals surface area contributed by atoms with Gasteiger partial charge in [-0.1, -0.05) is 25.1 Å². The lowest BCUT2D eigenvalue weighted by Gasteiger charge is -2.13. The molecular formula is C22H26N4O2S. The Bertz CT molecular complexity index is 987. The largest absolute Gasteiger partial charge is 0.484 e. The van der Waals surface area contributed by atoms with Crippen LogP contribution in [0, 0.1) is 0 Å². The van der Waals surface area contributed by atoms with Crippen LogP contribution in [0.4, 0.5) is 5.82 Å². The van der Waals surface area contributed by atoms with Gasteiger partial charge in [0.2, 0.25) is 0 Å². The van der Waals surface area contributed by atoms with Crippen molar-refractivity contribution in [3.05, 3.63) is 46.6 Å². The minimum atomic E-state index is -0.134. The number of amides is 1. The zero-order chi connectivity index (χ0) is 20.1. The summed E-state index contributed by atoms with van der Waals surface area (Å²) in [5.74, 6) is 2.32. The monoisotopic (exact) mass is 410 g/mol. The molecule has 4 rings (SSSR count). The van der Waals surface area contributed by atoms with E-state index in [0.29, 0.717) is 18.8 Å². The summed E-state index contributed by atoms with van der Waals surface area (Å²) in [4.78, 5) is 24.0. The molecule has 0 aliphatic heterocycles. The van der Waals surface area contributed by atoms with Crippen LogP contribution in [0.3, 0.4) is 0 Å². The number of para-hydroxylation sites is 1. The second-order valence-electron chi connectivity index (χ2n) is 7.11. The summed E-state index contributed by atoms with van der Waals surface area (Å²) in [5, 5.41) is 7.50. The number of hydrogen-bond acceptors (Lipinski definition) is 6. The molecule has 2 aromatic heterocycles. The number of thiophene rings is 1. The molecule has 0 unspecified atom stereocenters. The molecule has 29 heavy (non-hydrogen) atoms. The van der Waals surface area contributed by atoms with Crippen LogP contribution in [0.1, 0.15) is 36.0 Å². The van der Waals surface area contributed by atoms with Crippen LogP contribution in [-0.2, 0) is 24.1 Å². The SMILES string of the molecule is CCc1nc(NCCNC(=O)COc2ccccc2)c2c3c(sc2n1)CCCC3. The van der Waals surface area contributed by atoms with E-state index in [9.17, 15) is 4.79 Å². The van der Waals surface area contributed by atoms with E-state index in [2.05, 4.69) is 17.6 Å². The first-order chi connectivity index (χ1) is 14.2. The van der Waals surface area contributed by atoms with Crippen molar-refractivity contribution >= 4 is 33.3 Å². The molecule has 1 aliphatic carbocycles.